The molecular formula is C12H19N3O4. The minimum atomic E-state index is -0.942. The third kappa shape index (κ3) is 8.70. The zero-order chi connectivity index (χ0) is 14.7. The summed E-state index contributed by atoms with van der Waals surface area (Å²) in [6.45, 7) is 0.604. The molecule has 0 saturated heterocycles. The fraction of sp³-hybridized carbons (Fsp3) is 0.417. The Balaban J connectivity index is 0.000000342. The first-order chi connectivity index (χ1) is 8.99. The van der Waals surface area contributed by atoms with Gasteiger partial charge in [0.2, 0.25) is 0 Å². The number of unbranched alkanes of at least 4 members (excludes halogenated alkanes) is 1. The molecule has 0 aliphatic carbocycles. The number of carbonyl (C=O) groups is 2. The molecule has 0 spiro atoms. The Kier molecular flexibility index (Phi) is 8.94. The van der Waals surface area contributed by atoms with Gasteiger partial charge in [0.1, 0.15) is 6.04 Å². The summed E-state index contributed by atoms with van der Waals surface area (Å²) >= 11 is 0. The Morgan fingerprint density at radius 2 is 2.00 bits per heavy atom. The van der Waals surface area contributed by atoms with Crippen LogP contribution in [-0.4, -0.2) is 39.7 Å². The quantitative estimate of drug-likeness (QED) is 0.545. The van der Waals surface area contributed by atoms with E-state index in [1.165, 1.54) is 18.5 Å². The number of nitrogens with two attached hydrogens (primary N) is 2. The predicted molar refractivity (Wildman–Crippen MR) is 69.7 cm³/mol. The van der Waals surface area contributed by atoms with Crippen molar-refractivity contribution in [2.45, 2.75) is 25.3 Å². The van der Waals surface area contributed by atoms with Crippen LogP contribution in [0.3, 0.4) is 0 Å². The molecule has 1 aromatic heterocycles. The fourth-order valence-electron chi connectivity index (χ4n) is 1.12. The van der Waals surface area contributed by atoms with Gasteiger partial charge in [-0.2, -0.15) is 0 Å². The molecular weight excluding hydrogens is 250 g/mol. The molecule has 1 heterocycles. The van der Waals surface area contributed by atoms with Gasteiger partial charge in [-0.3, -0.25) is 9.78 Å². The monoisotopic (exact) mass is 269 g/mol. The second-order valence-corrected chi connectivity index (χ2v) is 3.78. The van der Waals surface area contributed by atoms with Crippen molar-refractivity contribution in [2.24, 2.45) is 11.5 Å². The Morgan fingerprint density at radius 3 is 2.37 bits per heavy atom. The van der Waals surface area contributed by atoms with E-state index in [1.54, 1.807) is 6.07 Å². The maximum Gasteiger partial charge on any atom is 0.337 e. The van der Waals surface area contributed by atoms with Crippen LogP contribution in [0.1, 0.15) is 29.6 Å². The van der Waals surface area contributed by atoms with E-state index in [-0.39, 0.29) is 5.56 Å². The van der Waals surface area contributed by atoms with Crippen LogP contribution in [0.5, 0.6) is 0 Å². The molecule has 7 nitrogen and oxygen atoms in total. The lowest BCUT2D eigenvalue weighted by atomic mass is 10.1. The van der Waals surface area contributed by atoms with Gasteiger partial charge in [-0.1, -0.05) is 6.42 Å². The minimum absolute atomic E-state index is 0.220. The van der Waals surface area contributed by atoms with Crippen molar-refractivity contribution in [2.75, 3.05) is 6.54 Å². The molecule has 0 bridgehead atoms. The number of aromatic nitrogens is 1. The fourth-order valence-corrected chi connectivity index (χ4v) is 1.12. The largest absolute Gasteiger partial charge is 0.480 e. The lowest BCUT2D eigenvalue weighted by molar-refractivity contribution is -0.138. The third-order valence-electron chi connectivity index (χ3n) is 2.19. The molecule has 1 atom stereocenters. The van der Waals surface area contributed by atoms with Gasteiger partial charge >= 0.3 is 11.9 Å². The van der Waals surface area contributed by atoms with E-state index < -0.39 is 18.0 Å². The third-order valence-corrected chi connectivity index (χ3v) is 2.19. The molecule has 1 rings (SSSR count). The summed E-state index contributed by atoms with van der Waals surface area (Å²) in [4.78, 5) is 23.9. The highest BCUT2D eigenvalue weighted by Gasteiger charge is 2.09. The van der Waals surface area contributed by atoms with E-state index in [0.29, 0.717) is 13.0 Å². The minimum Gasteiger partial charge on any atom is -0.480 e. The second kappa shape index (κ2) is 9.98. The lowest BCUT2D eigenvalue weighted by Crippen LogP contribution is -2.29. The average molecular weight is 269 g/mol. The molecule has 1 unspecified atom stereocenters. The molecule has 0 radical (unpaired) electrons. The number of hydrogen-bond donors (Lipinski definition) is 4. The molecule has 0 aliphatic rings. The number of pyridine rings is 1. The molecule has 1 aromatic rings. The molecule has 19 heavy (non-hydrogen) atoms. The predicted octanol–water partition coefficient (Wildman–Crippen LogP) is 0.307. The summed E-state index contributed by atoms with van der Waals surface area (Å²) in [5.74, 6) is -1.87. The van der Waals surface area contributed by atoms with Gasteiger partial charge in [0.25, 0.3) is 0 Å². The molecule has 0 aliphatic heterocycles. The number of carboxylic acids is 2. The van der Waals surface area contributed by atoms with Crippen LogP contribution in [0.2, 0.25) is 0 Å². The van der Waals surface area contributed by atoms with E-state index >= 15 is 0 Å². The summed E-state index contributed by atoms with van der Waals surface area (Å²) in [7, 11) is 0. The number of nitrogens with zero attached hydrogens (tertiary/aromatic N) is 1. The summed E-state index contributed by atoms with van der Waals surface area (Å²) in [5.41, 5.74) is 10.6. The van der Waals surface area contributed by atoms with Gasteiger partial charge < -0.3 is 21.7 Å². The van der Waals surface area contributed by atoms with Crippen LogP contribution in [0.15, 0.2) is 24.5 Å². The molecule has 0 amide bonds. The number of aliphatic carboxylic acids is 1. The van der Waals surface area contributed by atoms with Gasteiger partial charge in [0.15, 0.2) is 0 Å². The number of aromatic carboxylic acids is 1. The smallest absolute Gasteiger partial charge is 0.337 e. The van der Waals surface area contributed by atoms with Crippen molar-refractivity contribution in [3.05, 3.63) is 30.1 Å². The van der Waals surface area contributed by atoms with E-state index in [2.05, 4.69) is 4.98 Å². The first-order valence-corrected chi connectivity index (χ1v) is 5.80. The zero-order valence-corrected chi connectivity index (χ0v) is 10.5. The van der Waals surface area contributed by atoms with E-state index in [9.17, 15) is 9.59 Å². The van der Waals surface area contributed by atoms with Gasteiger partial charge in [0, 0.05) is 12.4 Å². The number of rotatable bonds is 6. The van der Waals surface area contributed by atoms with Crippen molar-refractivity contribution in [3.8, 4) is 0 Å². The summed E-state index contributed by atoms with van der Waals surface area (Å²) in [5, 5.41) is 16.7. The summed E-state index contributed by atoms with van der Waals surface area (Å²) in [6.07, 6.45) is 5.01. The topological polar surface area (TPSA) is 140 Å². The maximum absolute atomic E-state index is 10.2. The van der Waals surface area contributed by atoms with Crippen LogP contribution in [0, 0.1) is 0 Å². The van der Waals surface area contributed by atoms with Crippen molar-refractivity contribution in [3.63, 3.8) is 0 Å². The maximum atomic E-state index is 10.2. The van der Waals surface area contributed by atoms with Crippen LogP contribution >= 0.6 is 0 Å². The normalized spacial score (nSPS) is 11.1. The first kappa shape index (κ1) is 17.0. The molecule has 106 valence electrons. The molecule has 0 saturated carbocycles. The van der Waals surface area contributed by atoms with Crippen LogP contribution in [0.25, 0.3) is 0 Å². The van der Waals surface area contributed by atoms with Crippen molar-refractivity contribution >= 4 is 11.9 Å². The van der Waals surface area contributed by atoms with Crippen molar-refractivity contribution in [1.82, 2.24) is 4.98 Å². The average Bonchev–Trinajstić information content (AvgIpc) is 2.40. The van der Waals surface area contributed by atoms with Crippen molar-refractivity contribution < 1.29 is 19.8 Å². The molecule has 6 N–H and O–H groups in total. The van der Waals surface area contributed by atoms with Crippen LogP contribution in [0.4, 0.5) is 0 Å². The van der Waals surface area contributed by atoms with E-state index in [1.807, 2.05) is 0 Å². The van der Waals surface area contributed by atoms with Crippen molar-refractivity contribution in [1.29, 1.82) is 0 Å². The highest BCUT2D eigenvalue weighted by molar-refractivity contribution is 5.86. The van der Waals surface area contributed by atoms with E-state index in [4.69, 9.17) is 21.7 Å². The molecule has 0 aromatic carbocycles. The molecule has 0 fully saturated rings. The van der Waals surface area contributed by atoms with Gasteiger partial charge in [0.05, 0.1) is 5.56 Å². The van der Waals surface area contributed by atoms with E-state index in [0.717, 1.165) is 12.8 Å². The Morgan fingerprint density at radius 1 is 1.32 bits per heavy atom. The van der Waals surface area contributed by atoms with Crippen LogP contribution < -0.4 is 11.5 Å². The number of hydrogen-bond acceptors (Lipinski definition) is 5. The second-order valence-electron chi connectivity index (χ2n) is 3.78. The first-order valence-electron chi connectivity index (χ1n) is 5.80. The highest BCUT2D eigenvalue weighted by Crippen LogP contribution is 1.97. The van der Waals surface area contributed by atoms with Gasteiger partial charge in [-0.25, -0.2) is 4.79 Å². The lowest BCUT2D eigenvalue weighted by Gasteiger charge is -2.03. The standard InChI is InChI=1S/C6H14N2O2.C6H5NO2/c7-4-2-1-3-5(8)6(9)10;8-6(9)5-2-1-3-7-4-5/h5H,1-4,7-8H2,(H,9,10);1-4H,(H,8,9). The molecule has 7 heteroatoms. The highest BCUT2D eigenvalue weighted by atomic mass is 16.4. The Bertz CT molecular complexity index is 384. The summed E-state index contributed by atoms with van der Waals surface area (Å²) in [6, 6.07) is 2.37. The Labute approximate surface area is 111 Å². The SMILES string of the molecule is NCCCCC(N)C(=O)O.O=C(O)c1cccnc1. The Hall–Kier alpha value is -1.99. The van der Waals surface area contributed by atoms with Crippen LogP contribution in [-0.2, 0) is 4.79 Å². The number of carboxylic acid groups (broad SMARTS) is 2. The van der Waals surface area contributed by atoms with Gasteiger partial charge in [-0.15, -0.1) is 0 Å². The summed E-state index contributed by atoms with van der Waals surface area (Å²) < 4.78 is 0. The zero-order valence-electron chi connectivity index (χ0n) is 10.5. The van der Waals surface area contributed by atoms with Gasteiger partial charge in [-0.05, 0) is 31.5 Å².